The fourth-order valence-electron chi connectivity index (χ4n) is 3.91. The lowest BCUT2D eigenvalue weighted by atomic mass is 10.0. The van der Waals surface area contributed by atoms with Gasteiger partial charge in [0.1, 0.15) is 5.82 Å². The topological polar surface area (TPSA) is 68.8 Å². The molecule has 2 fully saturated rings. The number of amides is 2. The Morgan fingerprint density at radius 1 is 1.26 bits per heavy atom. The van der Waals surface area contributed by atoms with E-state index in [4.69, 9.17) is 0 Å². The highest BCUT2D eigenvalue weighted by Gasteiger charge is 2.23. The lowest BCUT2D eigenvalue weighted by Gasteiger charge is -2.34. The quantitative estimate of drug-likeness (QED) is 0.815. The van der Waals surface area contributed by atoms with Gasteiger partial charge in [-0.3, -0.25) is 9.59 Å². The molecular formula is C20H31N5O2. The molecule has 7 nitrogen and oxygen atoms in total. The third-order valence-electron chi connectivity index (χ3n) is 5.72. The summed E-state index contributed by atoms with van der Waals surface area (Å²) in [7, 11) is 2.17. The molecule has 0 aliphatic carbocycles. The molecule has 2 aliphatic rings. The van der Waals surface area contributed by atoms with E-state index < -0.39 is 0 Å². The Bertz CT molecular complexity index is 648. The minimum atomic E-state index is -0.0839. The second kappa shape index (κ2) is 9.17. The third kappa shape index (κ3) is 4.97. The van der Waals surface area contributed by atoms with E-state index in [1.807, 2.05) is 22.8 Å². The number of nitrogens with zero attached hydrogens (tertiary/aromatic N) is 4. The van der Waals surface area contributed by atoms with Gasteiger partial charge in [0.25, 0.3) is 5.91 Å². The van der Waals surface area contributed by atoms with Crippen LogP contribution in [0.25, 0.3) is 0 Å². The monoisotopic (exact) mass is 373 g/mol. The average Bonchev–Trinajstić information content (AvgIpc) is 2.69. The van der Waals surface area contributed by atoms with E-state index in [9.17, 15) is 9.59 Å². The molecule has 1 atom stereocenters. The summed E-state index contributed by atoms with van der Waals surface area (Å²) >= 11 is 0. The average molecular weight is 374 g/mol. The van der Waals surface area contributed by atoms with Crippen molar-refractivity contribution >= 4 is 17.6 Å². The Balaban J connectivity index is 1.48. The fourth-order valence-corrected chi connectivity index (χ4v) is 3.91. The van der Waals surface area contributed by atoms with Crippen molar-refractivity contribution in [2.45, 2.75) is 38.6 Å². The molecule has 7 heteroatoms. The van der Waals surface area contributed by atoms with Gasteiger partial charge in [0.15, 0.2) is 0 Å². The standard InChI is InChI=1S/C20H31N5O2/c1-3-24-12-13-25(15-19(24)26)18-8-7-16(14-22-18)20(27)21-10-9-17-6-4-5-11-23(17)2/h7-8,14,17H,3-6,9-13,15H2,1-2H3,(H,21,27)/t17-/m0/s1. The van der Waals surface area contributed by atoms with Gasteiger partial charge in [-0.2, -0.15) is 0 Å². The van der Waals surface area contributed by atoms with Crippen molar-refractivity contribution in [1.82, 2.24) is 20.1 Å². The summed E-state index contributed by atoms with van der Waals surface area (Å²) in [4.78, 5) is 35.0. The minimum Gasteiger partial charge on any atom is -0.352 e. The zero-order chi connectivity index (χ0) is 19.2. The lowest BCUT2D eigenvalue weighted by Crippen LogP contribution is -2.50. The minimum absolute atomic E-state index is 0.0839. The number of pyridine rings is 1. The fraction of sp³-hybridized carbons (Fsp3) is 0.650. The second-order valence-electron chi connectivity index (χ2n) is 7.47. The Hall–Kier alpha value is -2.15. The molecule has 3 rings (SSSR count). The number of anilines is 1. The number of likely N-dealkylation sites (tertiary alicyclic amines) is 1. The number of carbonyl (C=O) groups excluding carboxylic acids is 2. The molecule has 1 N–H and O–H groups in total. The van der Waals surface area contributed by atoms with Crippen LogP contribution in [0.4, 0.5) is 5.82 Å². The molecule has 2 amide bonds. The molecule has 0 spiro atoms. The van der Waals surface area contributed by atoms with Crippen LogP contribution in [0, 0.1) is 0 Å². The van der Waals surface area contributed by atoms with Crippen LogP contribution < -0.4 is 10.2 Å². The van der Waals surface area contributed by atoms with Crippen molar-refractivity contribution in [3.63, 3.8) is 0 Å². The van der Waals surface area contributed by atoms with Crippen molar-refractivity contribution < 1.29 is 9.59 Å². The SMILES string of the molecule is CCN1CCN(c2ccc(C(=O)NCC[C@@H]3CCCCN3C)cn2)CC1=O. The maximum absolute atomic E-state index is 12.4. The largest absolute Gasteiger partial charge is 0.352 e. The number of piperazine rings is 1. The molecule has 3 heterocycles. The summed E-state index contributed by atoms with van der Waals surface area (Å²) in [6, 6.07) is 4.19. The molecule has 2 aliphatic heterocycles. The molecule has 1 aromatic heterocycles. The highest BCUT2D eigenvalue weighted by Crippen LogP contribution is 2.17. The number of piperidine rings is 1. The van der Waals surface area contributed by atoms with Gasteiger partial charge >= 0.3 is 0 Å². The van der Waals surface area contributed by atoms with Crippen molar-refractivity contribution in [2.75, 3.05) is 51.2 Å². The highest BCUT2D eigenvalue weighted by molar-refractivity contribution is 5.94. The van der Waals surface area contributed by atoms with Crippen molar-refractivity contribution in [3.8, 4) is 0 Å². The number of carbonyl (C=O) groups is 2. The van der Waals surface area contributed by atoms with E-state index in [-0.39, 0.29) is 11.8 Å². The maximum Gasteiger partial charge on any atom is 0.252 e. The normalized spacial score (nSPS) is 21.4. The zero-order valence-electron chi connectivity index (χ0n) is 16.5. The van der Waals surface area contributed by atoms with Gasteiger partial charge in [0.05, 0.1) is 12.1 Å². The van der Waals surface area contributed by atoms with Gasteiger partial charge in [0.2, 0.25) is 5.91 Å². The van der Waals surface area contributed by atoms with Gasteiger partial charge in [-0.1, -0.05) is 6.42 Å². The van der Waals surface area contributed by atoms with Crippen LogP contribution in [0.15, 0.2) is 18.3 Å². The summed E-state index contributed by atoms with van der Waals surface area (Å²) in [5.41, 5.74) is 0.564. The molecule has 0 unspecified atom stereocenters. The van der Waals surface area contributed by atoms with Crippen molar-refractivity contribution in [3.05, 3.63) is 23.9 Å². The van der Waals surface area contributed by atoms with Gasteiger partial charge < -0.3 is 20.0 Å². The maximum atomic E-state index is 12.4. The Kier molecular flexibility index (Phi) is 6.66. The van der Waals surface area contributed by atoms with E-state index in [1.54, 1.807) is 12.3 Å². The van der Waals surface area contributed by atoms with Crippen LogP contribution >= 0.6 is 0 Å². The van der Waals surface area contributed by atoms with E-state index in [1.165, 1.54) is 19.3 Å². The number of hydrogen-bond acceptors (Lipinski definition) is 5. The highest BCUT2D eigenvalue weighted by atomic mass is 16.2. The smallest absolute Gasteiger partial charge is 0.252 e. The number of likely N-dealkylation sites (N-methyl/N-ethyl adjacent to an activating group) is 1. The molecule has 148 valence electrons. The molecule has 0 radical (unpaired) electrons. The number of rotatable bonds is 6. The van der Waals surface area contributed by atoms with Crippen LogP contribution in [-0.4, -0.2) is 79.0 Å². The van der Waals surface area contributed by atoms with Crippen LogP contribution in [0.3, 0.4) is 0 Å². The molecular weight excluding hydrogens is 342 g/mol. The number of hydrogen-bond donors (Lipinski definition) is 1. The lowest BCUT2D eigenvalue weighted by molar-refractivity contribution is -0.130. The van der Waals surface area contributed by atoms with Crippen LogP contribution in [-0.2, 0) is 4.79 Å². The second-order valence-corrected chi connectivity index (χ2v) is 7.47. The first-order valence-corrected chi connectivity index (χ1v) is 10.1. The predicted octanol–water partition coefficient (Wildman–Crippen LogP) is 1.35. The van der Waals surface area contributed by atoms with Gasteiger partial charge in [0, 0.05) is 38.4 Å². The van der Waals surface area contributed by atoms with Gasteiger partial charge in [-0.05, 0) is 51.9 Å². The summed E-state index contributed by atoms with van der Waals surface area (Å²) < 4.78 is 0. The van der Waals surface area contributed by atoms with Gasteiger partial charge in [-0.15, -0.1) is 0 Å². The number of nitrogens with one attached hydrogen (secondary N) is 1. The van der Waals surface area contributed by atoms with Crippen molar-refractivity contribution in [1.29, 1.82) is 0 Å². The summed E-state index contributed by atoms with van der Waals surface area (Å²) in [6.07, 6.45) is 6.36. The van der Waals surface area contributed by atoms with E-state index in [0.29, 0.717) is 24.7 Å². The van der Waals surface area contributed by atoms with Crippen LogP contribution in [0.5, 0.6) is 0 Å². The molecule has 1 aromatic rings. The zero-order valence-corrected chi connectivity index (χ0v) is 16.5. The van der Waals surface area contributed by atoms with E-state index >= 15 is 0 Å². The first kappa shape index (κ1) is 19.6. The van der Waals surface area contributed by atoms with E-state index in [2.05, 4.69) is 22.2 Å². The summed E-state index contributed by atoms with van der Waals surface area (Å²) in [6.45, 7) is 6.41. The van der Waals surface area contributed by atoms with Crippen LogP contribution in [0.1, 0.15) is 43.0 Å². The molecule has 0 saturated carbocycles. The third-order valence-corrected chi connectivity index (χ3v) is 5.72. The first-order chi connectivity index (χ1) is 13.1. The summed E-state index contributed by atoms with van der Waals surface area (Å²) in [5, 5.41) is 3.01. The molecule has 0 bridgehead atoms. The number of aromatic nitrogens is 1. The molecule has 0 aromatic carbocycles. The Labute approximate surface area is 161 Å². The first-order valence-electron chi connectivity index (χ1n) is 10.1. The summed E-state index contributed by atoms with van der Waals surface area (Å²) in [5.74, 6) is 0.791. The Morgan fingerprint density at radius 3 is 2.78 bits per heavy atom. The van der Waals surface area contributed by atoms with Crippen molar-refractivity contribution in [2.24, 2.45) is 0 Å². The van der Waals surface area contributed by atoms with Crippen LogP contribution in [0.2, 0.25) is 0 Å². The molecule has 2 saturated heterocycles. The van der Waals surface area contributed by atoms with Gasteiger partial charge in [-0.25, -0.2) is 4.98 Å². The predicted molar refractivity (Wildman–Crippen MR) is 106 cm³/mol. The Morgan fingerprint density at radius 2 is 2.11 bits per heavy atom. The van der Waals surface area contributed by atoms with E-state index in [0.717, 1.165) is 38.4 Å². The molecule has 27 heavy (non-hydrogen) atoms.